The normalized spacial score (nSPS) is 23.9. The van der Waals surface area contributed by atoms with E-state index < -0.39 is 34.1 Å². The van der Waals surface area contributed by atoms with E-state index in [-0.39, 0.29) is 13.1 Å². The highest BCUT2D eigenvalue weighted by atomic mass is 32.2. The van der Waals surface area contributed by atoms with E-state index in [1.165, 1.54) is 11.9 Å². The maximum atomic E-state index is 13.4. The first-order valence-corrected chi connectivity index (χ1v) is 7.36. The summed E-state index contributed by atoms with van der Waals surface area (Å²) in [5.74, 6) is 0. The van der Waals surface area contributed by atoms with Gasteiger partial charge in [0.15, 0.2) is 0 Å². The Kier molecular flexibility index (Phi) is 4.75. The summed E-state index contributed by atoms with van der Waals surface area (Å²) in [6, 6.07) is -0.835. The van der Waals surface area contributed by atoms with Crippen molar-refractivity contribution < 1.29 is 22.3 Å². The number of nitrogens with zero attached hydrogens (tertiary/aromatic N) is 1. The van der Waals surface area contributed by atoms with Crippen molar-refractivity contribution >= 4 is 16.3 Å². The summed E-state index contributed by atoms with van der Waals surface area (Å²) in [7, 11) is -2.41. The van der Waals surface area contributed by atoms with Gasteiger partial charge in [0, 0.05) is 13.6 Å². The Morgan fingerprint density at radius 2 is 2.05 bits per heavy atom. The minimum absolute atomic E-state index is 0.0825. The molecule has 1 rings (SSSR count). The quantitative estimate of drug-likeness (QED) is 0.764. The molecular weight excluding hydrogens is 277 g/mol. The van der Waals surface area contributed by atoms with Crippen LogP contribution in [0.2, 0.25) is 0 Å². The fourth-order valence-corrected chi connectivity index (χ4v) is 2.07. The SMILES string of the molecule is CNS(=O)(=O)NC[C@@H]1[C@H](F)CN1C(=O)OC(C)(C)C. The van der Waals surface area contributed by atoms with Crippen LogP contribution in [-0.2, 0) is 14.9 Å². The average molecular weight is 297 g/mol. The molecule has 1 amide bonds. The number of hydrogen-bond acceptors (Lipinski definition) is 4. The predicted octanol–water partition coefficient (Wildman–Crippen LogP) is -0.00240. The van der Waals surface area contributed by atoms with Gasteiger partial charge in [-0.3, -0.25) is 4.90 Å². The fraction of sp³-hybridized carbons (Fsp3) is 0.900. The molecule has 0 radical (unpaired) electrons. The van der Waals surface area contributed by atoms with Crippen LogP contribution in [0, 0.1) is 0 Å². The summed E-state index contributed by atoms with van der Waals surface area (Å²) in [5.41, 5.74) is -0.673. The van der Waals surface area contributed by atoms with Crippen LogP contribution in [0.5, 0.6) is 0 Å². The van der Waals surface area contributed by atoms with E-state index in [1.54, 1.807) is 20.8 Å². The Bertz CT molecular complexity index is 435. The fourth-order valence-electron chi connectivity index (χ4n) is 1.54. The zero-order chi connectivity index (χ0) is 14.8. The Morgan fingerprint density at radius 1 is 1.47 bits per heavy atom. The van der Waals surface area contributed by atoms with E-state index in [4.69, 9.17) is 4.74 Å². The molecule has 0 aliphatic carbocycles. The van der Waals surface area contributed by atoms with Gasteiger partial charge in [-0.25, -0.2) is 18.6 Å². The second kappa shape index (κ2) is 5.59. The Balaban J connectivity index is 2.56. The summed E-state index contributed by atoms with van der Waals surface area (Å²) >= 11 is 0. The van der Waals surface area contributed by atoms with Crippen molar-refractivity contribution in [3.8, 4) is 0 Å². The summed E-state index contributed by atoms with van der Waals surface area (Å²) in [5, 5.41) is 0. The second-order valence-corrected chi connectivity index (χ2v) is 6.98. The molecule has 1 aliphatic heterocycles. The Labute approximate surface area is 112 Å². The van der Waals surface area contributed by atoms with Gasteiger partial charge in [-0.1, -0.05) is 0 Å². The first-order valence-electron chi connectivity index (χ1n) is 5.87. The molecule has 0 aromatic heterocycles. The molecule has 1 aliphatic rings. The molecule has 0 aromatic carbocycles. The van der Waals surface area contributed by atoms with E-state index in [1.807, 2.05) is 4.72 Å². The molecule has 112 valence electrons. The number of nitrogens with one attached hydrogen (secondary N) is 2. The Hall–Kier alpha value is -0.930. The zero-order valence-corrected chi connectivity index (χ0v) is 12.3. The number of ether oxygens (including phenoxy) is 1. The molecule has 7 nitrogen and oxygen atoms in total. The van der Waals surface area contributed by atoms with Crippen molar-refractivity contribution in [2.75, 3.05) is 20.1 Å². The van der Waals surface area contributed by atoms with Gasteiger partial charge in [0.25, 0.3) is 10.2 Å². The van der Waals surface area contributed by atoms with Crippen molar-refractivity contribution in [1.29, 1.82) is 0 Å². The van der Waals surface area contributed by atoms with Crippen LogP contribution in [0.3, 0.4) is 0 Å². The molecule has 2 atom stereocenters. The molecule has 1 fully saturated rings. The molecule has 0 bridgehead atoms. The first kappa shape index (κ1) is 16.1. The molecule has 19 heavy (non-hydrogen) atoms. The van der Waals surface area contributed by atoms with Gasteiger partial charge in [0.05, 0.1) is 12.6 Å². The lowest BCUT2D eigenvalue weighted by molar-refractivity contribution is -0.0381. The first-order chi connectivity index (χ1) is 8.56. The maximum Gasteiger partial charge on any atom is 0.410 e. The van der Waals surface area contributed by atoms with E-state index >= 15 is 0 Å². The third kappa shape index (κ3) is 4.59. The zero-order valence-electron chi connectivity index (χ0n) is 11.4. The third-order valence-electron chi connectivity index (χ3n) is 2.57. The molecule has 9 heteroatoms. The number of carbonyl (C=O) groups is 1. The van der Waals surface area contributed by atoms with E-state index in [0.717, 1.165) is 0 Å². The molecule has 1 saturated heterocycles. The molecule has 0 aromatic rings. The lowest BCUT2D eigenvalue weighted by atomic mass is 10.0. The van der Waals surface area contributed by atoms with Crippen molar-refractivity contribution in [3.05, 3.63) is 0 Å². The van der Waals surface area contributed by atoms with Gasteiger partial charge in [0.2, 0.25) is 0 Å². The van der Waals surface area contributed by atoms with E-state index in [0.29, 0.717) is 0 Å². The summed E-state index contributed by atoms with van der Waals surface area (Å²) in [6.07, 6.45) is -1.90. The lowest BCUT2D eigenvalue weighted by Gasteiger charge is -2.43. The lowest BCUT2D eigenvalue weighted by Crippen LogP contribution is -2.65. The number of hydrogen-bond donors (Lipinski definition) is 2. The highest BCUT2D eigenvalue weighted by Gasteiger charge is 2.44. The number of rotatable bonds is 4. The standard InChI is InChI=1S/C10H20FN3O4S/c1-10(2,3)18-9(15)14-6-7(11)8(14)5-13-19(16,17)12-4/h7-8,12-13H,5-6H2,1-4H3/t7-,8-/m1/s1. The van der Waals surface area contributed by atoms with Crippen molar-refractivity contribution in [1.82, 2.24) is 14.3 Å². The van der Waals surface area contributed by atoms with Crippen LogP contribution >= 0.6 is 0 Å². The van der Waals surface area contributed by atoms with Crippen LogP contribution in [0.25, 0.3) is 0 Å². The molecule has 2 N–H and O–H groups in total. The van der Waals surface area contributed by atoms with Gasteiger partial charge < -0.3 is 4.74 Å². The maximum absolute atomic E-state index is 13.4. The van der Waals surface area contributed by atoms with E-state index in [2.05, 4.69) is 4.72 Å². The number of halogens is 1. The largest absolute Gasteiger partial charge is 0.444 e. The summed E-state index contributed by atoms with van der Waals surface area (Å²) in [6.45, 7) is 4.84. The number of alkyl halides is 1. The van der Waals surface area contributed by atoms with Crippen LogP contribution < -0.4 is 9.44 Å². The number of amides is 1. The highest BCUT2D eigenvalue weighted by molar-refractivity contribution is 7.87. The van der Waals surface area contributed by atoms with Gasteiger partial charge in [-0.05, 0) is 20.8 Å². The third-order valence-corrected chi connectivity index (χ3v) is 3.65. The second-order valence-electron chi connectivity index (χ2n) is 5.27. The molecule has 0 saturated carbocycles. The van der Waals surface area contributed by atoms with Gasteiger partial charge >= 0.3 is 6.09 Å². The van der Waals surface area contributed by atoms with Crippen LogP contribution in [0.1, 0.15) is 20.8 Å². The highest BCUT2D eigenvalue weighted by Crippen LogP contribution is 2.23. The molecule has 0 unspecified atom stereocenters. The molecule has 1 heterocycles. The number of carbonyl (C=O) groups excluding carboxylic acids is 1. The molecular formula is C10H20FN3O4S. The summed E-state index contributed by atoms with van der Waals surface area (Å²) < 4.78 is 45.1. The van der Waals surface area contributed by atoms with Crippen molar-refractivity contribution in [2.45, 2.75) is 38.6 Å². The average Bonchev–Trinajstić information content (AvgIpc) is 2.23. The topological polar surface area (TPSA) is 87.7 Å². The van der Waals surface area contributed by atoms with Gasteiger partial charge in [0.1, 0.15) is 11.8 Å². The smallest absolute Gasteiger partial charge is 0.410 e. The van der Waals surface area contributed by atoms with Gasteiger partial charge in [-0.2, -0.15) is 8.42 Å². The van der Waals surface area contributed by atoms with Crippen LogP contribution in [0.4, 0.5) is 9.18 Å². The minimum Gasteiger partial charge on any atom is -0.444 e. The van der Waals surface area contributed by atoms with Crippen molar-refractivity contribution in [3.63, 3.8) is 0 Å². The van der Waals surface area contributed by atoms with Crippen LogP contribution in [0.15, 0.2) is 0 Å². The minimum atomic E-state index is -3.64. The monoisotopic (exact) mass is 297 g/mol. The molecule has 0 spiro atoms. The predicted molar refractivity (Wildman–Crippen MR) is 67.6 cm³/mol. The van der Waals surface area contributed by atoms with Crippen molar-refractivity contribution in [2.24, 2.45) is 0 Å². The van der Waals surface area contributed by atoms with Gasteiger partial charge in [-0.15, -0.1) is 0 Å². The van der Waals surface area contributed by atoms with Crippen LogP contribution in [-0.4, -0.2) is 57.4 Å². The Morgan fingerprint density at radius 3 is 2.47 bits per heavy atom. The number of likely N-dealkylation sites (tertiary alicyclic amines) is 1. The summed E-state index contributed by atoms with van der Waals surface area (Å²) in [4.78, 5) is 12.9. The van der Waals surface area contributed by atoms with E-state index in [9.17, 15) is 17.6 Å².